The number of urea groups is 1. The quantitative estimate of drug-likeness (QED) is 0.496. The van der Waals surface area contributed by atoms with Crippen LogP contribution in [-0.4, -0.2) is 11.0 Å². The number of anilines is 2. The van der Waals surface area contributed by atoms with Gasteiger partial charge >= 0.3 is 12.2 Å². The van der Waals surface area contributed by atoms with E-state index in [1.807, 2.05) is 18.2 Å². The Morgan fingerprint density at radius 2 is 1.75 bits per heavy atom. The number of nitrogens with one attached hydrogen (secondary N) is 3. The molecule has 0 aliphatic heterocycles. The molecule has 28 heavy (non-hydrogen) atoms. The van der Waals surface area contributed by atoms with Crippen LogP contribution in [0.4, 0.5) is 29.3 Å². The third-order valence-electron chi connectivity index (χ3n) is 3.71. The molecule has 0 unspecified atom stereocenters. The highest BCUT2D eigenvalue weighted by Crippen LogP contribution is 2.36. The molecule has 2 amide bonds. The van der Waals surface area contributed by atoms with Gasteiger partial charge in [0.15, 0.2) is 0 Å². The Hall–Kier alpha value is -3.26. The second-order valence-electron chi connectivity index (χ2n) is 5.72. The largest absolute Gasteiger partial charge is 0.417 e. The molecule has 3 aromatic rings. The lowest BCUT2D eigenvalue weighted by Gasteiger charge is -2.13. The highest BCUT2D eigenvalue weighted by Gasteiger charge is 2.33. The van der Waals surface area contributed by atoms with E-state index in [1.165, 1.54) is 6.07 Å². The fourth-order valence-corrected chi connectivity index (χ4v) is 2.65. The number of benzene rings is 2. The molecule has 1 heterocycles. The van der Waals surface area contributed by atoms with Crippen molar-refractivity contribution < 1.29 is 18.0 Å². The van der Waals surface area contributed by atoms with E-state index in [0.29, 0.717) is 5.69 Å². The summed E-state index contributed by atoms with van der Waals surface area (Å²) in [5.74, 6) is 0. The van der Waals surface area contributed by atoms with Crippen molar-refractivity contribution >= 4 is 29.0 Å². The highest BCUT2D eigenvalue weighted by atomic mass is 35.5. The molecule has 2 aromatic carbocycles. The molecule has 0 aliphatic carbocycles. The van der Waals surface area contributed by atoms with E-state index in [2.05, 4.69) is 21.2 Å². The van der Waals surface area contributed by atoms with Crippen molar-refractivity contribution in [1.29, 1.82) is 0 Å². The summed E-state index contributed by atoms with van der Waals surface area (Å²) in [6.07, 6.45) is -1.24. The third-order valence-corrected chi connectivity index (χ3v) is 4.04. The Kier molecular flexibility index (Phi) is 5.70. The minimum Gasteiger partial charge on any atom is -0.307 e. The Morgan fingerprint density at radius 3 is 2.46 bits per heavy atom. The van der Waals surface area contributed by atoms with E-state index in [-0.39, 0.29) is 5.69 Å². The number of hydrogen-bond donors (Lipinski definition) is 3. The van der Waals surface area contributed by atoms with Crippen LogP contribution < -0.4 is 16.2 Å². The molecule has 0 saturated carbocycles. The molecule has 5 nitrogen and oxygen atoms in total. The smallest absolute Gasteiger partial charge is 0.307 e. The van der Waals surface area contributed by atoms with E-state index < -0.39 is 22.8 Å². The lowest BCUT2D eigenvalue weighted by molar-refractivity contribution is -0.137. The standard InChI is InChI=1S/C19H14ClF3N4O/c20-17-7-6-14(10-16(17)19(21,22)23)25-18(28)27-26-15-5-1-3-12(9-15)13-4-2-8-24-11-13/h1-11,26H,(H2,25,27,28). The van der Waals surface area contributed by atoms with Gasteiger partial charge in [0.05, 0.1) is 16.3 Å². The van der Waals surface area contributed by atoms with E-state index >= 15 is 0 Å². The first kappa shape index (κ1) is 19.5. The number of hydrogen-bond acceptors (Lipinski definition) is 3. The van der Waals surface area contributed by atoms with Gasteiger partial charge in [0, 0.05) is 23.6 Å². The van der Waals surface area contributed by atoms with Crippen molar-refractivity contribution in [3.8, 4) is 11.1 Å². The van der Waals surface area contributed by atoms with Crippen LogP contribution in [0.2, 0.25) is 5.02 Å². The number of halogens is 4. The molecule has 1 aromatic heterocycles. The van der Waals surface area contributed by atoms with Crippen LogP contribution in [0.5, 0.6) is 0 Å². The SMILES string of the molecule is O=C(NNc1cccc(-c2cccnc2)c1)Nc1ccc(Cl)c(C(F)(F)F)c1. The Balaban J connectivity index is 1.64. The molecule has 0 bridgehead atoms. The number of pyridine rings is 1. The average molecular weight is 407 g/mol. The zero-order chi connectivity index (χ0) is 20.1. The van der Waals surface area contributed by atoms with Crippen LogP contribution in [0, 0.1) is 0 Å². The maximum atomic E-state index is 12.9. The zero-order valence-electron chi connectivity index (χ0n) is 14.2. The summed E-state index contributed by atoms with van der Waals surface area (Å²) in [6.45, 7) is 0. The van der Waals surface area contributed by atoms with Gasteiger partial charge in [0.1, 0.15) is 0 Å². The molecule has 144 valence electrons. The molecule has 3 N–H and O–H groups in total. The topological polar surface area (TPSA) is 66.0 Å². The van der Waals surface area contributed by atoms with E-state index in [1.54, 1.807) is 30.6 Å². The minimum absolute atomic E-state index is 0.0415. The third kappa shape index (κ3) is 4.92. The van der Waals surface area contributed by atoms with Gasteiger partial charge in [-0.1, -0.05) is 29.8 Å². The molecule has 0 radical (unpaired) electrons. The number of rotatable bonds is 4. The first-order valence-electron chi connectivity index (χ1n) is 8.03. The molecule has 0 saturated heterocycles. The van der Waals surface area contributed by atoms with Crippen molar-refractivity contribution in [3.05, 3.63) is 77.6 Å². The number of carbonyl (C=O) groups excluding carboxylic acids is 1. The first-order chi connectivity index (χ1) is 13.3. The van der Waals surface area contributed by atoms with Crippen LogP contribution in [0.3, 0.4) is 0 Å². The van der Waals surface area contributed by atoms with Crippen LogP contribution >= 0.6 is 11.6 Å². The lowest BCUT2D eigenvalue weighted by Crippen LogP contribution is -2.33. The molecule has 0 spiro atoms. The zero-order valence-corrected chi connectivity index (χ0v) is 15.0. The molecular formula is C19H14ClF3N4O. The summed E-state index contributed by atoms with van der Waals surface area (Å²) in [6, 6.07) is 13.3. The summed E-state index contributed by atoms with van der Waals surface area (Å²) in [4.78, 5) is 16.0. The van der Waals surface area contributed by atoms with E-state index in [4.69, 9.17) is 11.6 Å². The monoisotopic (exact) mass is 406 g/mol. The summed E-state index contributed by atoms with van der Waals surface area (Å²) < 4.78 is 38.7. The lowest BCUT2D eigenvalue weighted by atomic mass is 10.1. The molecule has 0 aliphatic rings. The summed E-state index contributed by atoms with van der Waals surface area (Å²) in [5.41, 5.74) is 6.37. The van der Waals surface area contributed by atoms with Crippen LogP contribution in [-0.2, 0) is 6.18 Å². The minimum atomic E-state index is -4.61. The summed E-state index contributed by atoms with van der Waals surface area (Å²) in [7, 11) is 0. The number of amides is 2. The average Bonchev–Trinajstić information content (AvgIpc) is 2.68. The molecule has 9 heteroatoms. The van der Waals surface area contributed by atoms with Gasteiger partial charge in [-0.15, -0.1) is 0 Å². The fourth-order valence-electron chi connectivity index (χ4n) is 2.42. The van der Waals surface area contributed by atoms with Crippen molar-refractivity contribution in [1.82, 2.24) is 10.4 Å². The number of alkyl halides is 3. The molecule has 3 rings (SSSR count). The second kappa shape index (κ2) is 8.18. The number of nitrogens with zero attached hydrogens (tertiary/aromatic N) is 1. The van der Waals surface area contributed by atoms with Gasteiger partial charge in [-0.25, -0.2) is 4.79 Å². The maximum Gasteiger partial charge on any atom is 0.417 e. The fraction of sp³-hybridized carbons (Fsp3) is 0.0526. The van der Waals surface area contributed by atoms with Gasteiger partial charge in [-0.05, 0) is 42.0 Å². The summed E-state index contributed by atoms with van der Waals surface area (Å²) >= 11 is 5.56. The van der Waals surface area contributed by atoms with Crippen molar-refractivity contribution in [2.45, 2.75) is 6.18 Å². The van der Waals surface area contributed by atoms with Crippen molar-refractivity contribution in [2.24, 2.45) is 0 Å². The predicted octanol–water partition coefficient (Wildman–Crippen LogP) is 5.57. The van der Waals surface area contributed by atoms with Crippen LogP contribution in [0.15, 0.2) is 67.0 Å². The van der Waals surface area contributed by atoms with E-state index in [9.17, 15) is 18.0 Å². The van der Waals surface area contributed by atoms with Gasteiger partial charge in [0.2, 0.25) is 0 Å². The van der Waals surface area contributed by atoms with E-state index in [0.717, 1.165) is 23.3 Å². The predicted molar refractivity (Wildman–Crippen MR) is 102 cm³/mol. The Morgan fingerprint density at radius 1 is 0.964 bits per heavy atom. The van der Waals surface area contributed by atoms with Gasteiger partial charge in [-0.3, -0.25) is 15.8 Å². The first-order valence-corrected chi connectivity index (χ1v) is 8.41. The molecule has 0 atom stereocenters. The van der Waals surface area contributed by atoms with Crippen molar-refractivity contribution in [2.75, 3.05) is 10.7 Å². The summed E-state index contributed by atoms with van der Waals surface area (Å²) in [5, 5.41) is 1.88. The normalized spacial score (nSPS) is 11.0. The highest BCUT2D eigenvalue weighted by molar-refractivity contribution is 6.31. The van der Waals surface area contributed by atoms with Crippen LogP contribution in [0.1, 0.15) is 5.56 Å². The molecule has 0 fully saturated rings. The number of carbonyl (C=O) groups is 1. The van der Waals surface area contributed by atoms with Gasteiger partial charge < -0.3 is 5.32 Å². The number of hydrazine groups is 1. The van der Waals surface area contributed by atoms with Gasteiger partial charge in [-0.2, -0.15) is 13.2 Å². The number of aromatic nitrogens is 1. The Bertz CT molecular complexity index is 980. The Labute approximate surface area is 163 Å². The van der Waals surface area contributed by atoms with Crippen LogP contribution in [0.25, 0.3) is 11.1 Å². The van der Waals surface area contributed by atoms with Gasteiger partial charge in [0.25, 0.3) is 0 Å². The second-order valence-corrected chi connectivity index (χ2v) is 6.13. The maximum absolute atomic E-state index is 12.9. The van der Waals surface area contributed by atoms with Crippen molar-refractivity contribution in [3.63, 3.8) is 0 Å². The molecular weight excluding hydrogens is 393 g/mol.